The Balaban J connectivity index is 1.70. The van der Waals surface area contributed by atoms with Crippen LogP contribution in [-0.2, 0) is 15.0 Å². The van der Waals surface area contributed by atoms with Crippen LogP contribution in [0, 0.1) is 0 Å². The Kier molecular flexibility index (Phi) is 6.30. The molecule has 0 bridgehead atoms. The number of halogens is 1. The zero-order valence-electron chi connectivity index (χ0n) is 20.8. The Morgan fingerprint density at radius 2 is 1.70 bits per heavy atom. The minimum Gasteiger partial charge on any atom is -0.507 e. The summed E-state index contributed by atoms with van der Waals surface area (Å²) in [4.78, 5) is 32.9. The highest BCUT2D eigenvalue weighted by molar-refractivity contribution is 7.22. The molecule has 1 atom stereocenters. The molecule has 1 aliphatic heterocycles. The van der Waals surface area contributed by atoms with Crippen LogP contribution < -0.4 is 9.64 Å². The van der Waals surface area contributed by atoms with Gasteiger partial charge in [-0.3, -0.25) is 14.5 Å². The van der Waals surface area contributed by atoms with Gasteiger partial charge in [-0.05, 0) is 59.0 Å². The van der Waals surface area contributed by atoms with Crippen LogP contribution in [0.25, 0.3) is 16.0 Å². The molecular formula is C29H25ClN2O4S. The Bertz CT molecular complexity index is 1550. The predicted octanol–water partition coefficient (Wildman–Crippen LogP) is 6.88. The van der Waals surface area contributed by atoms with E-state index in [9.17, 15) is 14.7 Å². The summed E-state index contributed by atoms with van der Waals surface area (Å²) in [6.45, 7) is 6.35. The van der Waals surface area contributed by atoms with E-state index in [1.54, 1.807) is 49.6 Å². The predicted molar refractivity (Wildman–Crippen MR) is 148 cm³/mol. The fourth-order valence-electron chi connectivity index (χ4n) is 4.40. The second kappa shape index (κ2) is 9.32. The number of aliphatic hydroxyl groups excluding tert-OH is 1. The molecule has 0 radical (unpaired) electrons. The smallest absolute Gasteiger partial charge is 0.301 e. The van der Waals surface area contributed by atoms with Gasteiger partial charge in [0.15, 0.2) is 5.13 Å². The summed E-state index contributed by atoms with van der Waals surface area (Å²) < 4.78 is 6.00. The summed E-state index contributed by atoms with van der Waals surface area (Å²) in [5.74, 6) is -1.15. The van der Waals surface area contributed by atoms with E-state index in [1.807, 2.05) is 24.3 Å². The third-order valence-electron chi connectivity index (χ3n) is 6.45. The highest BCUT2D eigenvalue weighted by Gasteiger charge is 2.48. The summed E-state index contributed by atoms with van der Waals surface area (Å²) in [7, 11) is 1.55. The molecule has 1 N–H and O–H groups in total. The van der Waals surface area contributed by atoms with Crippen molar-refractivity contribution in [1.29, 1.82) is 0 Å². The van der Waals surface area contributed by atoms with Crippen LogP contribution in [0.1, 0.15) is 43.5 Å². The van der Waals surface area contributed by atoms with Gasteiger partial charge in [-0.25, -0.2) is 4.98 Å². The van der Waals surface area contributed by atoms with Gasteiger partial charge in [-0.15, -0.1) is 0 Å². The van der Waals surface area contributed by atoms with Crippen LogP contribution in [0.5, 0.6) is 5.75 Å². The van der Waals surface area contributed by atoms with Crippen LogP contribution >= 0.6 is 22.9 Å². The van der Waals surface area contributed by atoms with Gasteiger partial charge in [-0.2, -0.15) is 0 Å². The van der Waals surface area contributed by atoms with Gasteiger partial charge in [-0.1, -0.05) is 68.0 Å². The number of aromatic nitrogens is 1. The molecule has 1 amide bonds. The number of amides is 1. The topological polar surface area (TPSA) is 79.7 Å². The van der Waals surface area contributed by atoms with Gasteiger partial charge < -0.3 is 9.84 Å². The number of methoxy groups -OCH3 is 1. The number of ketones is 1. The molecule has 1 unspecified atom stereocenters. The van der Waals surface area contributed by atoms with Crippen molar-refractivity contribution in [3.63, 3.8) is 0 Å². The number of thiazole rings is 1. The molecule has 0 spiro atoms. The van der Waals surface area contributed by atoms with E-state index >= 15 is 0 Å². The molecule has 188 valence electrons. The number of rotatable bonds is 4. The van der Waals surface area contributed by atoms with Crippen LogP contribution in [0.2, 0.25) is 5.02 Å². The first-order valence-electron chi connectivity index (χ1n) is 11.7. The molecule has 8 heteroatoms. The van der Waals surface area contributed by atoms with Crippen molar-refractivity contribution >= 4 is 55.7 Å². The molecule has 1 aliphatic rings. The summed E-state index contributed by atoms with van der Waals surface area (Å²) in [6.07, 6.45) is 0. The fraction of sp³-hybridized carbons (Fsp3) is 0.207. The largest absolute Gasteiger partial charge is 0.507 e. The van der Waals surface area contributed by atoms with Crippen LogP contribution in [0.4, 0.5) is 5.13 Å². The maximum atomic E-state index is 13.5. The van der Waals surface area contributed by atoms with E-state index in [-0.39, 0.29) is 16.7 Å². The van der Waals surface area contributed by atoms with Crippen molar-refractivity contribution in [2.75, 3.05) is 12.0 Å². The molecule has 3 aromatic carbocycles. The van der Waals surface area contributed by atoms with Gasteiger partial charge in [0.2, 0.25) is 0 Å². The molecule has 4 aromatic rings. The lowest BCUT2D eigenvalue weighted by atomic mass is 9.85. The normalized spacial score (nSPS) is 17.5. The molecular weight excluding hydrogens is 508 g/mol. The third kappa shape index (κ3) is 4.49. The second-order valence-corrected chi connectivity index (χ2v) is 11.3. The lowest BCUT2D eigenvalue weighted by Crippen LogP contribution is -2.29. The first-order chi connectivity index (χ1) is 17.6. The first-order valence-corrected chi connectivity index (χ1v) is 12.9. The highest BCUT2D eigenvalue weighted by atomic mass is 35.5. The molecule has 1 aromatic heterocycles. The quantitative estimate of drug-likeness (QED) is 0.176. The standard InChI is InChI=1S/C29H25ClN2O4S/c1-29(2,3)18-9-5-16(6-10-18)24-23(25(33)17-7-12-20(36-4)13-8-17)26(34)27(35)32(24)28-31-21-14-11-19(30)15-22(21)37-28/h5-15,24,33H,1-4H3. The molecule has 1 saturated heterocycles. The number of Topliss-reactive ketones (excluding diaryl/α,β-unsaturated/α-hetero) is 1. The van der Waals surface area contributed by atoms with E-state index in [4.69, 9.17) is 16.3 Å². The number of carbonyl (C=O) groups excluding carboxylic acids is 2. The van der Waals surface area contributed by atoms with Crippen LogP contribution in [0.3, 0.4) is 0 Å². The van der Waals surface area contributed by atoms with Gasteiger partial charge >= 0.3 is 5.91 Å². The van der Waals surface area contributed by atoms with Gasteiger partial charge in [0.05, 0.1) is 28.9 Å². The first kappa shape index (κ1) is 25.0. The van der Waals surface area contributed by atoms with Crippen molar-refractivity contribution in [2.45, 2.75) is 32.2 Å². The Morgan fingerprint density at radius 3 is 2.32 bits per heavy atom. The second-order valence-electron chi connectivity index (χ2n) is 9.88. The number of carbonyl (C=O) groups is 2. The zero-order chi connectivity index (χ0) is 26.5. The highest BCUT2D eigenvalue weighted by Crippen LogP contribution is 2.45. The third-order valence-corrected chi connectivity index (χ3v) is 7.70. The number of hydrogen-bond acceptors (Lipinski definition) is 6. The van der Waals surface area contributed by atoms with Crippen LogP contribution in [0.15, 0.2) is 72.3 Å². The van der Waals surface area contributed by atoms with E-state index in [2.05, 4.69) is 25.8 Å². The fourth-order valence-corrected chi connectivity index (χ4v) is 5.67. The van der Waals surface area contributed by atoms with Crippen molar-refractivity contribution in [1.82, 2.24) is 4.98 Å². The van der Waals surface area contributed by atoms with E-state index in [0.717, 1.165) is 10.3 Å². The zero-order valence-corrected chi connectivity index (χ0v) is 22.4. The van der Waals surface area contributed by atoms with E-state index in [1.165, 1.54) is 16.2 Å². The number of hydrogen-bond donors (Lipinski definition) is 1. The van der Waals surface area contributed by atoms with E-state index < -0.39 is 17.7 Å². The lowest BCUT2D eigenvalue weighted by Gasteiger charge is -2.24. The maximum Gasteiger partial charge on any atom is 0.301 e. The van der Waals surface area contributed by atoms with E-state index in [0.29, 0.717) is 32.5 Å². The Morgan fingerprint density at radius 1 is 1.03 bits per heavy atom. The molecule has 1 fully saturated rings. The number of nitrogens with zero attached hydrogens (tertiary/aromatic N) is 2. The van der Waals surface area contributed by atoms with Crippen molar-refractivity contribution in [3.05, 3.63) is 94.0 Å². The monoisotopic (exact) mass is 532 g/mol. The minimum absolute atomic E-state index is 0.0102. The average molecular weight is 533 g/mol. The van der Waals surface area contributed by atoms with Crippen molar-refractivity contribution < 1.29 is 19.4 Å². The molecule has 37 heavy (non-hydrogen) atoms. The Labute approximate surface area is 223 Å². The van der Waals surface area contributed by atoms with Crippen molar-refractivity contribution in [2.24, 2.45) is 0 Å². The van der Waals surface area contributed by atoms with Gasteiger partial charge in [0.25, 0.3) is 5.78 Å². The average Bonchev–Trinajstić information content (AvgIpc) is 3.40. The SMILES string of the molecule is COc1ccc(C(O)=C2C(=O)C(=O)N(c3nc4ccc(Cl)cc4s3)C2c2ccc(C(C)(C)C)cc2)cc1. The summed E-state index contributed by atoms with van der Waals surface area (Å²) in [6, 6.07) is 18.9. The Hall–Kier alpha value is -3.68. The summed E-state index contributed by atoms with van der Waals surface area (Å²) in [5, 5.41) is 12.2. The molecule has 6 nitrogen and oxygen atoms in total. The number of ether oxygens (including phenoxy) is 1. The molecule has 2 heterocycles. The molecule has 5 rings (SSSR count). The number of benzene rings is 3. The number of anilines is 1. The maximum absolute atomic E-state index is 13.5. The van der Waals surface area contributed by atoms with Crippen molar-refractivity contribution in [3.8, 4) is 5.75 Å². The summed E-state index contributed by atoms with van der Waals surface area (Å²) >= 11 is 7.44. The number of fused-ring (bicyclic) bond motifs is 1. The molecule has 0 saturated carbocycles. The summed E-state index contributed by atoms with van der Waals surface area (Å²) in [5.41, 5.74) is 2.82. The van der Waals surface area contributed by atoms with Gasteiger partial charge in [0.1, 0.15) is 11.5 Å². The molecule has 0 aliphatic carbocycles. The lowest BCUT2D eigenvalue weighted by molar-refractivity contribution is -0.132. The number of aliphatic hydroxyl groups is 1. The van der Waals surface area contributed by atoms with Crippen LogP contribution in [-0.4, -0.2) is 28.9 Å². The van der Waals surface area contributed by atoms with Gasteiger partial charge in [0, 0.05) is 10.6 Å². The minimum atomic E-state index is -0.854.